The molecule has 6 nitrogen and oxygen atoms in total. The molecule has 6 heteroatoms. The largest absolute Gasteiger partial charge is 0.366 e. The van der Waals surface area contributed by atoms with Crippen molar-refractivity contribution in [2.24, 2.45) is 0 Å². The van der Waals surface area contributed by atoms with E-state index in [9.17, 15) is 10.1 Å². The van der Waals surface area contributed by atoms with E-state index in [2.05, 4.69) is 51.6 Å². The van der Waals surface area contributed by atoms with E-state index in [-0.39, 0.29) is 5.69 Å². The lowest BCUT2D eigenvalue weighted by molar-refractivity contribution is -0.385. The first kappa shape index (κ1) is 19.1. The van der Waals surface area contributed by atoms with E-state index in [0.29, 0.717) is 12.4 Å². The quantitative estimate of drug-likeness (QED) is 0.462. The van der Waals surface area contributed by atoms with E-state index in [1.54, 1.807) is 6.07 Å². The lowest BCUT2D eigenvalue weighted by Gasteiger charge is -2.15. The molecule has 2 heterocycles. The number of anilines is 1. The van der Waals surface area contributed by atoms with Gasteiger partial charge in [-0.25, -0.2) is 4.98 Å². The second-order valence-corrected chi connectivity index (χ2v) is 7.35. The van der Waals surface area contributed by atoms with Crippen LogP contribution in [0.3, 0.4) is 0 Å². The molecule has 1 fully saturated rings. The number of nitro groups is 1. The molecule has 3 aromatic rings. The van der Waals surface area contributed by atoms with E-state index in [4.69, 9.17) is 0 Å². The Morgan fingerprint density at radius 2 is 1.76 bits per heavy atom. The predicted molar refractivity (Wildman–Crippen MR) is 115 cm³/mol. The van der Waals surface area contributed by atoms with E-state index in [1.807, 2.05) is 12.1 Å². The standard InChI is InChI=1S/C23H24N4O2/c28-27(29)21-11-12-23(25-16-21)24-15-20-5-1-2-6-22(20)19-9-7-18(8-10-19)17-26-13-3-4-14-26/h1-2,5-12,16H,3-4,13-15,17H2,(H,24,25). The molecular weight excluding hydrogens is 364 g/mol. The fraction of sp³-hybridized carbons (Fsp3) is 0.261. The van der Waals surface area contributed by atoms with Crippen molar-refractivity contribution in [1.29, 1.82) is 0 Å². The van der Waals surface area contributed by atoms with Gasteiger partial charge >= 0.3 is 0 Å². The number of pyridine rings is 1. The Kier molecular flexibility index (Phi) is 5.81. The summed E-state index contributed by atoms with van der Waals surface area (Å²) in [4.78, 5) is 16.9. The number of rotatable bonds is 7. The lowest BCUT2D eigenvalue weighted by atomic mass is 9.98. The summed E-state index contributed by atoms with van der Waals surface area (Å²) in [5, 5.41) is 14.0. The second kappa shape index (κ2) is 8.84. The van der Waals surface area contributed by atoms with Crippen LogP contribution >= 0.6 is 0 Å². The number of benzene rings is 2. The zero-order chi connectivity index (χ0) is 20.1. The van der Waals surface area contributed by atoms with Crippen molar-refractivity contribution in [3.63, 3.8) is 0 Å². The molecular formula is C23H24N4O2. The molecule has 1 aliphatic heterocycles. The fourth-order valence-corrected chi connectivity index (χ4v) is 3.73. The van der Waals surface area contributed by atoms with Crippen LogP contribution in [0.25, 0.3) is 11.1 Å². The molecule has 1 saturated heterocycles. The van der Waals surface area contributed by atoms with Crippen LogP contribution in [0.1, 0.15) is 24.0 Å². The Hall–Kier alpha value is -3.25. The summed E-state index contributed by atoms with van der Waals surface area (Å²) in [5.74, 6) is 0.617. The van der Waals surface area contributed by atoms with Crippen molar-refractivity contribution < 1.29 is 4.92 Å². The molecule has 0 saturated carbocycles. The summed E-state index contributed by atoms with van der Waals surface area (Å²) < 4.78 is 0. The zero-order valence-corrected chi connectivity index (χ0v) is 16.3. The summed E-state index contributed by atoms with van der Waals surface area (Å²) in [7, 11) is 0. The van der Waals surface area contributed by atoms with Crippen molar-refractivity contribution in [3.05, 3.63) is 88.1 Å². The van der Waals surface area contributed by atoms with Gasteiger partial charge in [-0.3, -0.25) is 15.0 Å². The Balaban J connectivity index is 1.45. The third kappa shape index (κ3) is 4.78. The molecule has 0 radical (unpaired) electrons. The van der Waals surface area contributed by atoms with Crippen LogP contribution in [0.4, 0.5) is 11.5 Å². The maximum Gasteiger partial charge on any atom is 0.287 e. The number of nitrogens with zero attached hydrogens (tertiary/aromatic N) is 3. The molecule has 0 atom stereocenters. The summed E-state index contributed by atoms with van der Waals surface area (Å²) in [6.45, 7) is 4.02. The number of hydrogen-bond donors (Lipinski definition) is 1. The SMILES string of the molecule is O=[N+]([O-])c1ccc(NCc2ccccc2-c2ccc(CN3CCCC3)cc2)nc1. The Morgan fingerprint density at radius 3 is 2.45 bits per heavy atom. The molecule has 0 unspecified atom stereocenters. The van der Waals surface area contributed by atoms with Crippen LogP contribution in [0.15, 0.2) is 66.9 Å². The zero-order valence-electron chi connectivity index (χ0n) is 16.3. The molecule has 1 aliphatic rings. The van der Waals surface area contributed by atoms with Gasteiger partial charge in [-0.2, -0.15) is 0 Å². The van der Waals surface area contributed by atoms with Crippen molar-refractivity contribution in [3.8, 4) is 11.1 Å². The highest BCUT2D eigenvalue weighted by molar-refractivity contribution is 5.68. The number of nitrogens with one attached hydrogen (secondary N) is 1. The molecule has 1 aromatic heterocycles. The highest BCUT2D eigenvalue weighted by Crippen LogP contribution is 2.25. The molecule has 0 amide bonds. The molecule has 1 N–H and O–H groups in total. The molecule has 148 valence electrons. The third-order valence-corrected chi connectivity index (χ3v) is 5.31. The van der Waals surface area contributed by atoms with Gasteiger partial charge in [0.25, 0.3) is 5.69 Å². The van der Waals surface area contributed by atoms with Gasteiger partial charge in [0.1, 0.15) is 12.0 Å². The van der Waals surface area contributed by atoms with Gasteiger partial charge < -0.3 is 5.32 Å². The van der Waals surface area contributed by atoms with Crippen molar-refractivity contribution >= 4 is 11.5 Å². The third-order valence-electron chi connectivity index (χ3n) is 5.31. The van der Waals surface area contributed by atoms with Crippen molar-refractivity contribution in [2.75, 3.05) is 18.4 Å². The maximum absolute atomic E-state index is 10.8. The van der Waals surface area contributed by atoms with Crippen molar-refractivity contribution in [1.82, 2.24) is 9.88 Å². The van der Waals surface area contributed by atoms with Gasteiger partial charge in [0.05, 0.1) is 4.92 Å². The van der Waals surface area contributed by atoms with E-state index in [0.717, 1.165) is 12.1 Å². The smallest absolute Gasteiger partial charge is 0.287 e. The highest BCUT2D eigenvalue weighted by Gasteiger charge is 2.12. The summed E-state index contributed by atoms with van der Waals surface area (Å²) in [6.07, 6.45) is 3.89. The fourth-order valence-electron chi connectivity index (χ4n) is 3.73. The summed E-state index contributed by atoms with van der Waals surface area (Å²) in [6, 6.07) is 20.2. The first-order valence-corrected chi connectivity index (χ1v) is 9.93. The Bertz CT molecular complexity index is 965. The Labute approximate surface area is 170 Å². The van der Waals surface area contributed by atoms with Gasteiger partial charge in [-0.05, 0) is 54.3 Å². The topological polar surface area (TPSA) is 71.3 Å². The minimum atomic E-state index is -0.445. The first-order chi connectivity index (χ1) is 14.2. The van der Waals surface area contributed by atoms with E-state index < -0.39 is 4.92 Å². The van der Waals surface area contributed by atoms with Gasteiger partial charge in [0.15, 0.2) is 0 Å². The lowest BCUT2D eigenvalue weighted by Crippen LogP contribution is -2.18. The molecule has 29 heavy (non-hydrogen) atoms. The van der Waals surface area contributed by atoms with Crippen LogP contribution in [-0.2, 0) is 13.1 Å². The highest BCUT2D eigenvalue weighted by atomic mass is 16.6. The number of likely N-dealkylation sites (tertiary alicyclic amines) is 1. The van der Waals surface area contributed by atoms with Crippen molar-refractivity contribution in [2.45, 2.75) is 25.9 Å². The second-order valence-electron chi connectivity index (χ2n) is 7.35. The minimum Gasteiger partial charge on any atom is -0.366 e. The summed E-state index contributed by atoms with van der Waals surface area (Å²) in [5.41, 5.74) is 4.85. The normalized spacial score (nSPS) is 14.1. The van der Waals surface area contributed by atoms with Gasteiger partial charge in [0.2, 0.25) is 0 Å². The average Bonchev–Trinajstić information content (AvgIpc) is 3.26. The van der Waals surface area contributed by atoms with Crippen LogP contribution in [0.5, 0.6) is 0 Å². The minimum absolute atomic E-state index is 0.00929. The van der Waals surface area contributed by atoms with Crippen LogP contribution in [-0.4, -0.2) is 27.9 Å². The number of aromatic nitrogens is 1. The molecule has 2 aromatic carbocycles. The molecule has 0 aliphatic carbocycles. The number of hydrogen-bond acceptors (Lipinski definition) is 5. The van der Waals surface area contributed by atoms with E-state index >= 15 is 0 Å². The molecule has 4 rings (SSSR count). The molecule has 0 spiro atoms. The van der Waals surface area contributed by atoms with Crippen LogP contribution in [0, 0.1) is 10.1 Å². The maximum atomic E-state index is 10.8. The van der Waals surface area contributed by atoms with Crippen LogP contribution < -0.4 is 5.32 Å². The van der Waals surface area contributed by atoms with Gasteiger partial charge in [-0.15, -0.1) is 0 Å². The molecule has 0 bridgehead atoms. The monoisotopic (exact) mass is 388 g/mol. The Morgan fingerprint density at radius 1 is 1.00 bits per heavy atom. The summed E-state index contributed by atoms with van der Waals surface area (Å²) >= 11 is 0. The van der Waals surface area contributed by atoms with Crippen LogP contribution in [0.2, 0.25) is 0 Å². The average molecular weight is 388 g/mol. The first-order valence-electron chi connectivity index (χ1n) is 9.93. The predicted octanol–water partition coefficient (Wildman–Crippen LogP) is 4.86. The van der Waals surface area contributed by atoms with Gasteiger partial charge in [0, 0.05) is 19.2 Å². The van der Waals surface area contributed by atoms with Gasteiger partial charge in [-0.1, -0.05) is 48.5 Å². The van der Waals surface area contributed by atoms with E-state index in [1.165, 1.54) is 54.9 Å².